The van der Waals surface area contributed by atoms with Gasteiger partial charge < -0.3 is 9.64 Å². The molecule has 0 aliphatic carbocycles. The molecule has 1 aromatic heterocycles. The molecule has 0 saturated carbocycles. The number of ether oxygens (including phenoxy) is 1. The number of benzene rings is 2. The third-order valence-electron chi connectivity index (χ3n) is 6.05. The van der Waals surface area contributed by atoms with Gasteiger partial charge in [0.05, 0.1) is 24.8 Å². The van der Waals surface area contributed by atoms with Crippen LogP contribution in [0.4, 0.5) is 0 Å². The number of aromatic nitrogens is 3. The van der Waals surface area contributed by atoms with Crippen LogP contribution in [-0.4, -0.2) is 50.8 Å². The first-order valence-electron chi connectivity index (χ1n) is 11.7. The van der Waals surface area contributed by atoms with Crippen LogP contribution >= 0.6 is 0 Å². The van der Waals surface area contributed by atoms with Crippen LogP contribution in [0.2, 0.25) is 0 Å². The van der Waals surface area contributed by atoms with E-state index in [9.17, 15) is 19.2 Å². The van der Waals surface area contributed by atoms with E-state index < -0.39 is 23.1 Å². The minimum absolute atomic E-state index is 0.000961. The molecule has 1 fully saturated rings. The second-order valence-corrected chi connectivity index (χ2v) is 8.60. The second kappa shape index (κ2) is 10.5. The average Bonchev–Trinajstić information content (AvgIpc) is 2.88. The summed E-state index contributed by atoms with van der Waals surface area (Å²) in [6, 6.07) is 16.1. The van der Waals surface area contributed by atoms with E-state index in [1.54, 1.807) is 37.3 Å². The van der Waals surface area contributed by atoms with Gasteiger partial charge in [-0.2, -0.15) is 9.78 Å². The van der Waals surface area contributed by atoms with Crippen molar-refractivity contribution in [3.8, 4) is 5.69 Å². The molecular weight excluding hydrogens is 448 g/mol. The van der Waals surface area contributed by atoms with Gasteiger partial charge in [0.2, 0.25) is 5.69 Å². The summed E-state index contributed by atoms with van der Waals surface area (Å²) in [5.74, 6) is -1.42. The van der Waals surface area contributed by atoms with Crippen molar-refractivity contribution in [2.45, 2.75) is 33.2 Å². The Morgan fingerprint density at radius 2 is 1.77 bits per heavy atom. The van der Waals surface area contributed by atoms with E-state index in [0.29, 0.717) is 25.1 Å². The zero-order valence-corrected chi connectivity index (χ0v) is 19.8. The van der Waals surface area contributed by atoms with E-state index >= 15 is 0 Å². The lowest BCUT2D eigenvalue weighted by atomic mass is 9.98. The number of rotatable bonds is 6. The fourth-order valence-electron chi connectivity index (χ4n) is 4.17. The molecule has 0 radical (unpaired) electrons. The highest BCUT2D eigenvalue weighted by Gasteiger charge is 2.32. The van der Waals surface area contributed by atoms with Gasteiger partial charge in [0.25, 0.3) is 11.5 Å². The highest BCUT2D eigenvalue weighted by molar-refractivity contribution is 5.92. The van der Waals surface area contributed by atoms with Gasteiger partial charge in [0.15, 0.2) is 0 Å². The summed E-state index contributed by atoms with van der Waals surface area (Å²) in [6.45, 7) is 4.47. The predicted molar refractivity (Wildman–Crippen MR) is 130 cm³/mol. The summed E-state index contributed by atoms with van der Waals surface area (Å²) in [5.41, 5.74) is 0.485. The lowest BCUT2D eigenvalue weighted by Gasteiger charge is -2.31. The smallest absolute Gasteiger partial charge is 0.352 e. The van der Waals surface area contributed by atoms with Crippen LogP contribution in [0, 0.1) is 12.8 Å². The summed E-state index contributed by atoms with van der Waals surface area (Å²) < 4.78 is 7.23. The highest BCUT2D eigenvalue weighted by Crippen LogP contribution is 2.19. The number of amides is 1. The molecule has 4 rings (SSSR count). The lowest BCUT2D eigenvalue weighted by molar-refractivity contribution is -0.149. The van der Waals surface area contributed by atoms with E-state index in [4.69, 9.17) is 4.74 Å². The van der Waals surface area contributed by atoms with Crippen molar-refractivity contribution in [2.75, 3.05) is 19.7 Å². The van der Waals surface area contributed by atoms with Crippen LogP contribution in [0.3, 0.4) is 0 Å². The quantitative estimate of drug-likeness (QED) is 0.505. The van der Waals surface area contributed by atoms with Gasteiger partial charge in [-0.05, 0) is 44.4 Å². The number of carbonyl (C=O) groups is 2. The van der Waals surface area contributed by atoms with Crippen molar-refractivity contribution in [1.29, 1.82) is 0 Å². The molecule has 1 aliphatic heterocycles. The van der Waals surface area contributed by atoms with Crippen LogP contribution in [-0.2, 0) is 16.1 Å². The minimum Gasteiger partial charge on any atom is -0.466 e. The number of aryl methyl sites for hydroxylation is 1. The van der Waals surface area contributed by atoms with Crippen LogP contribution in [0.25, 0.3) is 5.69 Å². The first kappa shape index (κ1) is 24.1. The van der Waals surface area contributed by atoms with Gasteiger partial charge in [-0.3, -0.25) is 19.0 Å². The van der Waals surface area contributed by atoms with Gasteiger partial charge in [0, 0.05) is 13.1 Å². The van der Waals surface area contributed by atoms with Crippen molar-refractivity contribution < 1.29 is 14.3 Å². The van der Waals surface area contributed by atoms with Crippen LogP contribution in [0.1, 0.15) is 41.4 Å². The number of hydrogen-bond donors (Lipinski definition) is 0. The number of carbonyl (C=O) groups excluding carboxylic acids is 2. The van der Waals surface area contributed by atoms with Crippen molar-refractivity contribution in [3.63, 3.8) is 0 Å². The van der Waals surface area contributed by atoms with Crippen molar-refractivity contribution in [2.24, 2.45) is 5.92 Å². The van der Waals surface area contributed by atoms with E-state index in [1.165, 1.54) is 4.90 Å². The van der Waals surface area contributed by atoms with Crippen molar-refractivity contribution >= 4 is 11.9 Å². The second-order valence-electron chi connectivity index (χ2n) is 8.60. The third-order valence-corrected chi connectivity index (χ3v) is 6.05. The number of hydrogen-bond acceptors (Lipinski definition) is 6. The van der Waals surface area contributed by atoms with Crippen molar-refractivity contribution in [1.82, 2.24) is 19.2 Å². The Morgan fingerprint density at radius 1 is 1.06 bits per heavy atom. The number of esters is 1. The minimum atomic E-state index is -0.758. The molecule has 35 heavy (non-hydrogen) atoms. The lowest BCUT2D eigenvalue weighted by Crippen LogP contribution is -2.49. The molecule has 2 heterocycles. The third kappa shape index (κ3) is 5.24. The number of likely N-dealkylation sites (tertiary alicyclic amines) is 1. The van der Waals surface area contributed by atoms with Crippen LogP contribution in [0.15, 0.2) is 64.2 Å². The molecule has 1 atom stereocenters. The molecule has 182 valence electrons. The molecule has 1 aliphatic rings. The molecule has 2 aromatic carbocycles. The van der Waals surface area contributed by atoms with E-state index in [2.05, 4.69) is 5.10 Å². The first-order valence-corrected chi connectivity index (χ1v) is 11.7. The maximum Gasteiger partial charge on any atom is 0.352 e. The molecule has 0 N–H and O–H groups in total. The summed E-state index contributed by atoms with van der Waals surface area (Å²) in [4.78, 5) is 53.9. The summed E-state index contributed by atoms with van der Waals surface area (Å²) in [7, 11) is 0. The molecule has 1 saturated heterocycles. The zero-order valence-electron chi connectivity index (χ0n) is 19.8. The summed E-state index contributed by atoms with van der Waals surface area (Å²) in [5, 5.41) is 4.20. The fourth-order valence-corrected chi connectivity index (χ4v) is 4.17. The largest absolute Gasteiger partial charge is 0.466 e. The Morgan fingerprint density at radius 3 is 2.46 bits per heavy atom. The van der Waals surface area contributed by atoms with Gasteiger partial charge in [-0.25, -0.2) is 4.79 Å². The Kier molecular flexibility index (Phi) is 7.24. The zero-order chi connectivity index (χ0) is 24.9. The number of nitrogens with zero attached hydrogens (tertiary/aromatic N) is 4. The summed E-state index contributed by atoms with van der Waals surface area (Å²) >= 11 is 0. The van der Waals surface area contributed by atoms with Gasteiger partial charge in [-0.15, -0.1) is 0 Å². The van der Waals surface area contributed by atoms with Crippen LogP contribution < -0.4 is 11.2 Å². The number of para-hydroxylation sites is 1. The Hall–Kier alpha value is -4.01. The Bertz CT molecular complexity index is 1330. The SMILES string of the molecule is CCOC(=O)C1CCCN(C(=O)c2nn(-c3ccccc3)c(=O)n(Cc3ccc(C)cc3)c2=O)C1. The molecule has 1 amide bonds. The maximum atomic E-state index is 13.5. The maximum absolute atomic E-state index is 13.5. The number of piperidine rings is 1. The normalized spacial score (nSPS) is 15.6. The van der Waals surface area contributed by atoms with Crippen molar-refractivity contribution in [3.05, 3.63) is 92.3 Å². The Balaban J connectivity index is 1.76. The molecule has 0 spiro atoms. The molecule has 0 bridgehead atoms. The fraction of sp³-hybridized carbons (Fsp3) is 0.346. The predicted octanol–water partition coefficient (Wildman–Crippen LogP) is 2.17. The van der Waals surface area contributed by atoms with Gasteiger partial charge in [0.1, 0.15) is 0 Å². The van der Waals surface area contributed by atoms with Gasteiger partial charge in [-0.1, -0.05) is 48.0 Å². The van der Waals surface area contributed by atoms with E-state index in [0.717, 1.165) is 20.4 Å². The molecule has 3 aromatic rings. The molecule has 9 nitrogen and oxygen atoms in total. The van der Waals surface area contributed by atoms with Gasteiger partial charge >= 0.3 is 11.7 Å². The highest BCUT2D eigenvalue weighted by atomic mass is 16.5. The topological polar surface area (TPSA) is 104 Å². The van der Waals surface area contributed by atoms with Crippen LogP contribution in [0.5, 0.6) is 0 Å². The first-order chi connectivity index (χ1) is 16.9. The molecule has 1 unspecified atom stereocenters. The Labute approximate surface area is 202 Å². The standard InChI is InChI=1S/C26H28N4O5/c1-3-35-25(33)20-8-7-15-28(17-20)23(31)22-24(32)29(16-19-13-11-18(2)12-14-19)26(34)30(27-22)21-9-5-4-6-10-21/h4-6,9-14,20H,3,7-8,15-17H2,1-2H3. The van der Waals surface area contributed by atoms with E-state index in [1.807, 2.05) is 31.2 Å². The van der Waals surface area contributed by atoms with E-state index in [-0.39, 0.29) is 31.4 Å². The molecule has 9 heteroatoms. The monoisotopic (exact) mass is 476 g/mol. The summed E-state index contributed by atoms with van der Waals surface area (Å²) in [6.07, 6.45) is 1.21. The molecular formula is C26H28N4O5. The average molecular weight is 477 g/mol.